The van der Waals surface area contributed by atoms with Gasteiger partial charge in [0.05, 0.1) is 6.67 Å². The topological polar surface area (TPSA) is 0 Å². The fourth-order valence-corrected chi connectivity index (χ4v) is 0. The Morgan fingerprint density at radius 3 is 1.62 bits per heavy atom. The highest BCUT2D eigenvalue weighted by Crippen LogP contribution is 1.93. The van der Waals surface area contributed by atoms with E-state index in [-0.39, 0.29) is 6.67 Å². The van der Waals surface area contributed by atoms with Gasteiger partial charge in [0.25, 0.3) is 6.08 Å². The highest BCUT2D eigenvalue weighted by atomic mass is 19.3. The molecular formula is C4H6F4. The number of alkyl halides is 1. The second-order valence-electron chi connectivity index (χ2n) is 0.666. The molecule has 0 nitrogen and oxygen atoms in total. The van der Waals surface area contributed by atoms with Gasteiger partial charge >= 0.3 is 0 Å². The van der Waals surface area contributed by atoms with E-state index < -0.39 is 12.4 Å². The lowest BCUT2D eigenvalue weighted by Gasteiger charge is -1.59. The van der Waals surface area contributed by atoms with Gasteiger partial charge in [-0.25, -0.2) is 4.39 Å². The first-order chi connectivity index (χ1) is 3.68. The first-order valence-corrected chi connectivity index (χ1v) is 1.86. The monoisotopic (exact) mass is 130 g/mol. The van der Waals surface area contributed by atoms with Crippen LogP contribution in [0.2, 0.25) is 0 Å². The van der Waals surface area contributed by atoms with Crippen LogP contribution in [-0.2, 0) is 0 Å². The van der Waals surface area contributed by atoms with E-state index in [2.05, 4.69) is 0 Å². The lowest BCUT2D eigenvalue weighted by Crippen LogP contribution is -1.42. The summed E-state index contributed by atoms with van der Waals surface area (Å²) in [5.74, 6) is 0. The quantitative estimate of drug-likeness (QED) is 0.442. The maximum Gasteiger partial charge on any atom is 0.298 e. The van der Waals surface area contributed by atoms with Gasteiger partial charge in [0, 0.05) is 0 Å². The fourth-order valence-electron chi connectivity index (χ4n) is 0. The SMILES string of the molecule is CCF.FC=C(F)F. The van der Waals surface area contributed by atoms with Crippen molar-refractivity contribution in [2.45, 2.75) is 6.92 Å². The zero-order valence-electron chi connectivity index (χ0n) is 4.30. The predicted octanol–water partition coefficient (Wildman–Crippen LogP) is 2.67. The fraction of sp³-hybridized carbons (Fsp3) is 0.500. The summed E-state index contributed by atoms with van der Waals surface area (Å²) < 4.78 is 41.0. The van der Waals surface area contributed by atoms with Crippen molar-refractivity contribution in [3.8, 4) is 0 Å². The summed E-state index contributed by atoms with van der Waals surface area (Å²) in [4.78, 5) is 0. The lowest BCUT2D eigenvalue weighted by atomic mass is 10.9. The van der Waals surface area contributed by atoms with Gasteiger partial charge in [-0.15, -0.1) is 0 Å². The van der Waals surface area contributed by atoms with Crippen LogP contribution in [0, 0.1) is 0 Å². The van der Waals surface area contributed by atoms with E-state index in [9.17, 15) is 17.6 Å². The van der Waals surface area contributed by atoms with E-state index in [1.54, 1.807) is 0 Å². The number of hydrogen-bond acceptors (Lipinski definition) is 0. The van der Waals surface area contributed by atoms with Crippen molar-refractivity contribution >= 4 is 0 Å². The normalized spacial score (nSPS) is 6.62. The average molecular weight is 130 g/mol. The molecule has 0 N–H and O–H groups in total. The number of rotatable bonds is 0. The third-order valence-electron chi connectivity index (χ3n) is 0.0825. The maximum atomic E-state index is 10.3. The molecule has 0 bridgehead atoms. The number of hydrogen-bond donors (Lipinski definition) is 0. The molecule has 0 saturated heterocycles. The Hall–Kier alpha value is -0.540. The summed E-state index contributed by atoms with van der Waals surface area (Å²) >= 11 is 0. The van der Waals surface area contributed by atoms with E-state index in [4.69, 9.17) is 0 Å². The predicted molar refractivity (Wildman–Crippen MR) is 23.1 cm³/mol. The Morgan fingerprint density at radius 2 is 1.62 bits per heavy atom. The Labute approximate surface area is 44.8 Å². The van der Waals surface area contributed by atoms with Gasteiger partial charge in [0.2, 0.25) is 0 Å². The van der Waals surface area contributed by atoms with Gasteiger partial charge in [-0.05, 0) is 6.92 Å². The molecule has 0 aliphatic carbocycles. The second-order valence-corrected chi connectivity index (χ2v) is 0.666. The molecule has 8 heavy (non-hydrogen) atoms. The van der Waals surface area contributed by atoms with Crippen LogP contribution >= 0.6 is 0 Å². The summed E-state index contributed by atoms with van der Waals surface area (Å²) in [6.07, 6.45) is -3.04. The molecule has 0 amide bonds. The summed E-state index contributed by atoms with van der Waals surface area (Å²) in [6.45, 7) is 1.21. The van der Waals surface area contributed by atoms with E-state index in [1.165, 1.54) is 6.92 Å². The Balaban J connectivity index is 0. The molecule has 0 saturated carbocycles. The van der Waals surface area contributed by atoms with Gasteiger partial charge < -0.3 is 0 Å². The smallest absolute Gasteiger partial charge is 0.251 e. The molecule has 0 aromatic carbocycles. The van der Waals surface area contributed by atoms with Crippen LogP contribution in [0.15, 0.2) is 12.4 Å². The van der Waals surface area contributed by atoms with Crippen LogP contribution in [0.3, 0.4) is 0 Å². The highest BCUT2D eigenvalue weighted by molar-refractivity contribution is 4.66. The minimum absolute atomic E-state index is 0.250. The molecule has 0 fully saturated rings. The van der Waals surface area contributed by atoms with Crippen LogP contribution in [0.4, 0.5) is 17.6 Å². The second kappa shape index (κ2) is 9.68. The molecule has 0 unspecified atom stereocenters. The van der Waals surface area contributed by atoms with Crippen LogP contribution in [-0.4, -0.2) is 6.67 Å². The molecule has 0 atom stereocenters. The first-order valence-electron chi connectivity index (χ1n) is 1.86. The summed E-state index contributed by atoms with van der Waals surface area (Å²) in [5.41, 5.74) is 0. The van der Waals surface area contributed by atoms with Crippen molar-refractivity contribution in [1.82, 2.24) is 0 Å². The third kappa shape index (κ3) is 51.0. The van der Waals surface area contributed by atoms with Gasteiger partial charge in [0.1, 0.15) is 0 Å². The molecule has 0 spiro atoms. The number of halogens is 4. The third-order valence-corrected chi connectivity index (χ3v) is 0.0825. The Bertz CT molecular complexity index is 55.1. The lowest BCUT2D eigenvalue weighted by molar-refractivity contribution is 0.400. The average Bonchev–Trinajstić information content (AvgIpc) is 1.69. The molecule has 0 aromatic heterocycles. The zero-order chi connectivity index (χ0) is 6.99. The van der Waals surface area contributed by atoms with E-state index >= 15 is 0 Å². The van der Waals surface area contributed by atoms with E-state index in [0.29, 0.717) is 0 Å². The molecule has 0 rings (SSSR count). The molecule has 0 aromatic rings. The molecular weight excluding hydrogens is 124 g/mol. The molecule has 0 heterocycles. The Kier molecular flexibility index (Phi) is 12.6. The summed E-state index contributed by atoms with van der Waals surface area (Å²) in [5, 5.41) is 0. The van der Waals surface area contributed by atoms with Gasteiger partial charge in [0.15, 0.2) is 6.33 Å². The van der Waals surface area contributed by atoms with Crippen molar-refractivity contribution < 1.29 is 17.6 Å². The molecule has 0 radical (unpaired) electrons. The summed E-state index contributed by atoms with van der Waals surface area (Å²) in [6, 6.07) is 0. The molecule has 0 aliphatic rings. The van der Waals surface area contributed by atoms with Gasteiger partial charge in [-0.2, -0.15) is 8.78 Å². The standard InChI is InChI=1S/C2HF3.C2H5F/c3-1-2(4)5;1-2-3/h1H;2H2,1H3. The van der Waals surface area contributed by atoms with Crippen molar-refractivity contribution in [1.29, 1.82) is 0 Å². The molecule has 50 valence electrons. The van der Waals surface area contributed by atoms with E-state index in [0.717, 1.165) is 0 Å². The van der Waals surface area contributed by atoms with Crippen LogP contribution in [0.25, 0.3) is 0 Å². The van der Waals surface area contributed by atoms with Crippen LogP contribution in [0.1, 0.15) is 6.92 Å². The summed E-state index contributed by atoms with van der Waals surface area (Å²) in [7, 11) is 0. The Morgan fingerprint density at radius 1 is 1.50 bits per heavy atom. The molecule has 4 heteroatoms. The minimum Gasteiger partial charge on any atom is -0.251 e. The van der Waals surface area contributed by atoms with Crippen LogP contribution in [0.5, 0.6) is 0 Å². The van der Waals surface area contributed by atoms with Crippen molar-refractivity contribution in [2.75, 3.05) is 6.67 Å². The van der Waals surface area contributed by atoms with Gasteiger partial charge in [-0.3, -0.25) is 4.39 Å². The van der Waals surface area contributed by atoms with Crippen molar-refractivity contribution in [3.63, 3.8) is 0 Å². The highest BCUT2D eigenvalue weighted by Gasteiger charge is 1.78. The van der Waals surface area contributed by atoms with Gasteiger partial charge in [-0.1, -0.05) is 0 Å². The van der Waals surface area contributed by atoms with Crippen LogP contribution < -0.4 is 0 Å². The minimum atomic E-state index is -2.29. The van der Waals surface area contributed by atoms with Crippen molar-refractivity contribution in [3.05, 3.63) is 12.4 Å². The maximum absolute atomic E-state index is 10.3. The van der Waals surface area contributed by atoms with Crippen molar-refractivity contribution in [2.24, 2.45) is 0 Å². The first kappa shape index (κ1) is 10.4. The molecule has 0 aliphatic heterocycles. The zero-order valence-corrected chi connectivity index (χ0v) is 4.30. The largest absolute Gasteiger partial charge is 0.298 e. The van der Waals surface area contributed by atoms with E-state index in [1.807, 2.05) is 0 Å².